The minimum Gasteiger partial charge on any atom is -0.378 e. The fourth-order valence-corrected chi connectivity index (χ4v) is 4.82. The Bertz CT molecular complexity index is 1230. The molecule has 0 saturated carbocycles. The number of nitrogens with zero attached hydrogens (tertiary/aromatic N) is 4. The standard InChI is InChI=1S/C22H22ClN5O4S.2H2/c23-19-4-2-1-3-18(19)21(29)22(30)28-13-11-27(12-14-28)16-5-7-17(8-6-16)33(31,32)26-20-9-10-24-15-25-20;;/h1-10,15,21,29H,11-14H2,(H,24,25,26);2*1H/t21-;;/m1../s1. The Hall–Kier alpha value is -3.21. The van der Waals surface area contributed by atoms with Crippen molar-refractivity contribution in [2.45, 2.75) is 11.0 Å². The molecule has 1 aliphatic heterocycles. The van der Waals surface area contributed by atoms with Gasteiger partial charge in [-0.25, -0.2) is 18.4 Å². The number of anilines is 2. The minimum atomic E-state index is -3.77. The van der Waals surface area contributed by atoms with Gasteiger partial charge in [-0.05, 0) is 36.4 Å². The Labute approximate surface area is 199 Å². The highest BCUT2D eigenvalue weighted by atomic mass is 35.5. The minimum absolute atomic E-state index is 0. The molecule has 0 bridgehead atoms. The molecule has 2 heterocycles. The molecule has 1 fully saturated rings. The molecular formula is C22H26ClN5O4S. The molecule has 2 aromatic carbocycles. The molecule has 4 rings (SSSR count). The van der Waals surface area contributed by atoms with Crippen molar-refractivity contribution < 1.29 is 21.2 Å². The van der Waals surface area contributed by atoms with E-state index in [9.17, 15) is 18.3 Å². The number of hydrogen-bond acceptors (Lipinski definition) is 7. The SMILES string of the molecule is O=C([C@H](O)c1ccccc1Cl)N1CCN(c2ccc(S(=O)(=O)Nc3ccncn3)cc2)CC1.[HH].[HH]. The zero-order valence-electron chi connectivity index (χ0n) is 17.5. The molecule has 0 spiro atoms. The fraction of sp³-hybridized carbons (Fsp3) is 0.227. The lowest BCUT2D eigenvalue weighted by atomic mass is 10.1. The molecule has 33 heavy (non-hydrogen) atoms. The molecule has 2 N–H and O–H groups in total. The van der Waals surface area contributed by atoms with Crippen molar-refractivity contribution in [3.8, 4) is 0 Å². The smallest absolute Gasteiger partial charge is 0.263 e. The first-order valence-electron chi connectivity index (χ1n) is 10.2. The number of sulfonamides is 1. The van der Waals surface area contributed by atoms with Crippen LogP contribution in [0.3, 0.4) is 0 Å². The zero-order valence-corrected chi connectivity index (χ0v) is 19.1. The van der Waals surface area contributed by atoms with E-state index in [4.69, 9.17) is 11.6 Å². The summed E-state index contributed by atoms with van der Waals surface area (Å²) in [7, 11) is -3.77. The van der Waals surface area contributed by atoms with Gasteiger partial charge in [-0.3, -0.25) is 9.52 Å². The van der Waals surface area contributed by atoms with Gasteiger partial charge in [0.1, 0.15) is 12.1 Å². The molecule has 1 amide bonds. The summed E-state index contributed by atoms with van der Waals surface area (Å²) >= 11 is 6.10. The zero-order chi connectivity index (χ0) is 23.4. The maximum atomic E-state index is 12.7. The van der Waals surface area contributed by atoms with Gasteiger partial charge in [-0.2, -0.15) is 0 Å². The lowest BCUT2D eigenvalue weighted by Gasteiger charge is -2.37. The average Bonchev–Trinajstić information content (AvgIpc) is 2.84. The van der Waals surface area contributed by atoms with E-state index in [2.05, 4.69) is 19.6 Å². The molecule has 1 aliphatic rings. The van der Waals surface area contributed by atoms with Crippen molar-refractivity contribution in [2.24, 2.45) is 0 Å². The Morgan fingerprint density at radius 2 is 1.76 bits per heavy atom. The van der Waals surface area contributed by atoms with Crippen molar-refractivity contribution in [3.63, 3.8) is 0 Å². The molecule has 3 aromatic rings. The van der Waals surface area contributed by atoms with Gasteiger partial charge in [0.15, 0.2) is 6.10 Å². The van der Waals surface area contributed by atoms with Crippen LogP contribution in [-0.4, -0.2) is 60.5 Å². The number of aromatic nitrogens is 2. The van der Waals surface area contributed by atoms with Crippen LogP contribution < -0.4 is 9.62 Å². The van der Waals surface area contributed by atoms with E-state index in [-0.39, 0.29) is 19.5 Å². The highest BCUT2D eigenvalue weighted by molar-refractivity contribution is 7.92. The number of piperazine rings is 1. The maximum Gasteiger partial charge on any atom is 0.263 e. The third-order valence-corrected chi connectivity index (χ3v) is 7.07. The van der Waals surface area contributed by atoms with E-state index in [0.29, 0.717) is 36.8 Å². The van der Waals surface area contributed by atoms with E-state index in [1.807, 2.05) is 0 Å². The van der Waals surface area contributed by atoms with Crippen LogP contribution in [0.4, 0.5) is 11.5 Å². The summed E-state index contributed by atoms with van der Waals surface area (Å²) in [4.78, 5) is 24.1. The molecule has 176 valence electrons. The van der Waals surface area contributed by atoms with Gasteiger partial charge in [0.2, 0.25) is 0 Å². The first-order valence-corrected chi connectivity index (χ1v) is 12.1. The van der Waals surface area contributed by atoms with Gasteiger partial charge in [-0.15, -0.1) is 0 Å². The number of carbonyl (C=O) groups is 1. The number of amides is 1. The Balaban J connectivity index is 0.00000216. The first kappa shape index (κ1) is 23.0. The summed E-state index contributed by atoms with van der Waals surface area (Å²) in [5.74, 6) is -0.200. The first-order chi connectivity index (χ1) is 15.8. The molecule has 0 unspecified atom stereocenters. The van der Waals surface area contributed by atoms with Crippen LogP contribution >= 0.6 is 11.6 Å². The van der Waals surface area contributed by atoms with Gasteiger partial charge in [0.25, 0.3) is 15.9 Å². The van der Waals surface area contributed by atoms with Crippen molar-refractivity contribution in [1.82, 2.24) is 14.9 Å². The summed E-state index contributed by atoms with van der Waals surface area (Å²) in [6.45, 7) is 1.95. The maximum absolute atomic E-state index is 12.7. The molecule has 1 saturated heterocycles. The van der Waals surface area contributed by atoms with Gasteiger partial charge in [-0.1, -0.05) is 29.8 Å². The van der Waals surface area contributed by atoms with E-state index in [1.165, 1.54) is 30.7 Å². The number of halogens is 1. The fourth-order valence-electron chi connectivity index (χ4n) is 3.57. The Morgan fingerprint density at radius 1 is 1.06 bits per heavy atom. The molecule has 1 aromatic heterocycles. The van der Waals surface area contributed by atoms with Crippen LogP contribution in [0.15, 0.2) is 72.0 Å². The number of aliphatic hydroxyl groups is 1. The van der Waals surface area contributed by atoms with E-state index >= 15 is 0 Å². The summed E-state index contributed by atoms with van der Waals surface area (Å²) in [5.41, 5.74) is 1.23. The van der Waals surface area contributed by atoms with Crippen molar-refractivity contribution in [3.05, 3.63) is 77.7 Å². The monoisotopic (exact) mass is 491 g/mol. The number of benzene rings is 2. The molecule has 0 radical (unpaired) electrons. The molecule has 11 heteroatoms. The average molecular weight is 492 g/mol. The van der Waals surface area contributed by atoms with Gasteiger partial charge >= 0.3 is 0 Å². The summed E-state index contributed by atoms with van der Waals surface area (Å²) in [6, 6.07) is 14.7. The van der Waals surface area contributed by atoms with Crippen LogP contribution in [0, 0.1) is 0 Å². The van der Waals surface area contributed by atoms with Gasteiger partial charge in [0, 0.05) is 51.5 Å². The quantitative estimate of drug-likeness (QED) is 0.544. The molecule has 1 atom stereocenters. The third kappa shape index (κ3) is 5.24. The van der Waals surface area contributed by atoms with Crippen molar-refractivity contribution in [2.75, 3.05) is 35.8 Å². The Kier molecular flexibility index (Phi) is 6.77. The summed E-state index contributed by atoms with van der Waals surface area (Å²) < 4.78 is 27.5. The second kappa shape index (κ2) is 9.74. The summed E-state index contributed by atoms with van der Waals surface area (Å²) in [6.07, 6.45) is 1.40. The summed E-state index contributed by atoms with van der Waals surface area (Å²) in [5, 5.41) is 10.8. The number of rotatable bonds is 6. The van der Waals surface area contributed by atoms with E-state index in [0.717, 1.165) is 5.69 Å². The van der Waals surface area contributed by atoms with Crippen LogP contribution in [0.5, 0.6) is 0 Å². The number of hydrogen-bond donors (Lipinski definition) is 2. The molecular weight excluding hydrogens is 466 g/mol. The number of nitrogens with one attached hydrogen (secondary N) is 1. The van der Waals surface area contributed by atoms with E-state index in [1.54, 1.807) is 41.3 Å². The van der Waals surface area contributed by atoms with Crippen molar-refractivity contribution in [1.29, 1.82) is 0 Å². The largest absolute Gasteiger partial charge is 0.378 e. The second-order valence-corrected chi connectivity index (χ2v) is 9.52. The van der Waals surface area contributed by atoms with Gasteiger partial charge < -0.3 is 14.9 Å². The lowest BCUT2D eigenvalue weighted by molar-refractivity contribution is -0.140. The Morgan fingerprint density at radius 3 is 2.39 bits per heavy atom. The van der Waals surface area contributed by atoms with Gasteiger partial charge in [0.05, 0.1) is 4.90 Å². The number of aliphatic hydroxyl groups excluding tert-OH is 1. The van der Waals surface area contributed by atoms with Crippen molar-refractivity contribution >= 4 is 39.0 Å². The molecule has 0 aliphatic carbocycles. The molecule has 9 nitrogen and oxygen atoms in total. The van der Waals surface area contributed by atoms with Crippen LogP contribution in [0.2, 0.25) is 5.02 Å². The lowest BCUT2D eigenvalue weighted by Crippen LogP contribution is -2.50. The highest BCUT2D eigenvalue weighted by Crippen LogP contribution is 2.26. The van der Waals surface area contributed by atoms with Crippen LogP contribution in [0.25, 0.3) is 0 Å². The number of carbonyl (C=O) groups excluding carboxylic acids is 1. The second-order valence-electron chi connectivity index (χ2n) is 7.43. The van der Waals surface area contributed by atoms with E-state index < -0.39 is 16.1 Å². The predicted molar refractivity (Wildman–Crippen MR) is 129 cm³/mol. The normalized spacial score (nSPS) is 15.2. The predicted octanol–water partition coefficient (Wildman–Crippen LogP) is 2.81. The third-order valence-electron chi connectivity index (χ3n) is 5.36. The topological polar surface area (TPSA) is 116 Å². The van der Waals surface area contributed by atoms with Crippen LogP contribution in [-0.2, 0) is 14.8 Å². The highest BCUT2D eigenvalue weighted by Gasteiger charge is 2.28. The van der Waals surface area contributed by atoms with Crippen LogP contribution in [0.1, 0.15) is 14.5 Å².